The summed E-state index contributed by atoms with van der Waals surface area (Å²) in [4.78, 5) is 28.8. The summed E-state index contributed by atoms with van der Waals surface area (Å²) >= 11 is 1.40. The first-order valence-corrected chi connectivity index (χ1v) is 9.30. The summed E-state index contributed by atoms with van der Waals surface area (Å²) < 4.78 is 18.7. The minimum absolute atomic E-state index is 0.000404. The second-order valence-electron chi connectivity index (χ2n) is 5.84. The first-order chi connectivity index (χ1) is 13.4. The number of nitrogens with one attached hydrogen (secondary N) is 2. The standard InChI is InChI=1S/C19H17FN4O3S/c1-11(25)21-16-9-13(7-8-15(16)20)23-19(26)14-5-3-4-6-17(14)28-10-18-22-12(2)27-24-18/h3-9H,10H2,1-2H3,(H,21,25)(H,23,26). The highest BCUT2D eigenvalue weighted by atomic mass is 32.2. The first-order valence-electron chi connectivity index (χ1n) is 8.32. The minimum Gasteiger partial charge on any atom is -0.340 e. The zero-order chi connectivity index (χ0) is 20.1. The van der Waals surface area contributed by atoms with E-state index in [1.54, 1.807) is 19.1 Å². The molecular formula is C19H17FN4O3S. The third-order valence-corrected chi connectivity index (χ3v) is 4.66. The molecule has 0 aliphatic heterocycles. The Morgan fingerprint density at radius 2 is 1.96 bits per heavy atom. The van der Waals surface area contributed by atoms with Gasteiger partial charge in [0.05, 0.1) is 17.0 Å². The van der Waals surface area contributed by atoms with Gasteiger partial charge in [0.25, 0.3) is 5.91 Å². The molecule has 2 N–H and O–H groups in total. The van der Waals surface area contributed by atoms with E-state index >= 15 is 0 Å². The Bertz CT molecular complexity index is 1020. The molecule has 0 bridgehead atoms. The largest absolute Gasteiger partial charge is 0.340 e. The van der Waals surface area contributed by atoms with E-state index in [2.05, 4.69) is 20.8 Å². The normalized spacial score (nSPS) is 10.5. The summed E-state index contributed by atoms with van der Waals surface area (Å²) in [5.74, 6) is 0.127. The van der Waals surface area contributed by atoms with Crippen LogP contribution in [0.5, 0.6) is 0 Å². The lowest BCUT2D eigenvalue weighted by Gasteiger charge is -2.11. The molecule has 0 saturated heterocycles. The van der Waals surface area contributed by atoms with E-state index in [-0.39, 0.29) is 11.6 Å². The van der Waals surface area contributed by atoms with Gasteiger partial charge in [-0.2, -0.15) is 4.98 Å². The van der Waals surface area contributed by atoms with Crippen LogP contribution in [0.25, 0.3) is 0 Å². The van der Waals surface area contributed by atoms with E-state index in [4.69, 9.17) is 4.52 Å². The number of amides is 2. The molecule has 3 aromatic rings. The van der Waals surface area contributed by atoms with Crippen LogP contribution in [0.4, 0.5) is 15.8 Å². The smallest absolute Gasteiger partial charge is 0.256 e. The van der Waals surface area contributed by atoms with Gasteiger partial charge in [0.2, 0.25) is 11.8 Å². The summed E-state index contributed by atoms with van der Waals surface area (Å²) in [6, 6.07) is 11.1. The number of hydrogen-bond acceptors (Lipinski definition) is 6. The third kappa shape index (κ3) is 4.95. The molecule has 0 saturated carbocycles. The predicted molar refractivity (Wildman–Crippen MR) is 104 cm³/mol. The molecule has 28 heavy (non-hydrogen) atoms. The Balaban J connectivity index is 1.75. The van der Waals surface area contributed by atoms with Crippen molar-refractivity contribution in [2.45, 2.75) is 24.5 Å². The van der Waals surface area contributed by atoms with E-state index in [0.717, 1.165) is 4.90 Å². The van der Waals surface area contributed by atoms with Crippen LogP contribution < -0.4 is 10.6 Å². The lowest BCUT2D eigenvalue weighted by Crippen LogP contribution is -2.14. The Labute approximate surface area is 164 Å². The van der Waals surface area contributed by atoms with Crippen molar-refractivity contribution in [3.05, 3.63) is 65.6 Å². The average molecular weight is 400 g/mol. The second kappa shape index (κ2) is 8.66. The summed E-state index contributed by atoms with van der Waals surface area (Å²) in [5.41, 5.74) is 0.822. The Kier molecular flexibility index (Phi) is 6.05. The number of halogens is 1. The summed E-state index contributed by atoms with van der Waals surface area (Å²) in [5, 5.41) is 8.95. The third-order valence-electron chi connectivity index (χ3n) is 3.59. The number of thioether (sulfide) groups is 1. The number of rotatable bonds is 6. The number of benzene rings is 2. The molecule has 0 unspecified atom stereocenters. The van der Waals surface area contributed by atoms with E-state index < -0.39 is 11.7 Å². The Morgan fingerprint density at radius 3 is 2.68 bits per heavy atom. The van der Waals surface area contributed by atoms with Crippen LogP contribution in [-0.2, 0) is 10.5 Å². The Hall–Kier alpha value is -3.20. The van der Waals surface area contributed by atoms with Gasteiger partial charge in [0.15, 0.2) is 5.82 Å². The van der Waals surface area contributed by atoms with Gasteiger partial charge in [-0.3, -0.25) is 9.59 Å². The van der Waals surface area contributed by atoms with Gasteiger partial charge >= 0.3 is 0 Å². The SMILES string of the molecule is CC(=O)Nc1cc(NC(=O)c2ccccc2SCc2noc(C)n2)ccc1F. The van der Waals surface area contributed by atoms with Crippen LogP contribution in [0.2, 0.25) is 0 Å². The van der Waals surface area contributed by atoms with Crippen molar-refractivity contribution >= 4 is 35.0 Å². The van der Waals surface area contributed by atoms with Gasteiger partial charge < -0.3 is 15.2 Å². The topological polar surface area (TPSA) is 97.1 Å². The van der Waals surface area contributed by atoms with Crippen LogP contribution in [0, 0.1) is 12.7 Å². The van der Waals surface area contributed by atoms with Gasteiger partial charge in [-0.05, 0) is 30.3 Å². The number of carbonyl (C=O) groups is 2. The summed E-state index contributed by atoms with van der Waals surface area (Å²) in [6.45, 7) is 2.99. The van der Waals surface area contributed by atoms with E-state index in [9.17, 15) is 14.0 Å². The average Bonchev–Trinajstić information content (AvgIpc) is 3.08. The van der Waals surface area contributed by atoms with Gasteiger partial charge in [0.1, 0.15) is 5.82 Å². The number of aryl methyl sites for hydroxylation is 1. The van der Waals surface area contributed by atoms with Gasteiger partial charge in [-0.15, -0.1) is 11.8 Å². The maximum absolute atomic E-state index is 13.8. The van der Waals surface area contributed by atoms with Crippen molar-refractivity contribution in [1.29, 1.82) is 0 Å². The molecule has 2 aromatic carbocycles. The minimum atomic E-state index is -0.584. The number of nitrogens with zero attached hydrogens (tertiary/aromatic N) is 2. The van der Waals surface area contributed by atoms with Crippen molar-refractivity contribution in [2.75, 3.05) is 10.6 Å². The molecule has 7 nitrogen and oxygen atoms in total. The molecule has 3 rings (SSSR count). The van der Waals surface area contributed by atoms with Crippen LogP contribution in [0.1, 0.15) is 29.0 Å². The molecular weight excluding hydrogens is 383 g/mol. The molecule has 0 aliphatic rings. The van der Waals surface area contributed by atoms with Gasteiger partial charge in [-0.25, -0.2) is 4.39 Å². The highest BCUT2D eigenvalue weighted by Crippen LogP contribution is 2.27. The van der Waals surface area contributed by atoms with Crippen molar-refractivity contribution in [3.63, 3.8) is 0 Å². The zero-order valence-corrected chi connectivity index (χ0v) is 16.0. The number of aromatic nitrogens is 2. The van der Waals surface area contributed by atoms with E-state index in [1.165, 1.54) is 36.9 Å². The number of hydrogen-bond donors (Lipinski definition) is 2. The Morgan fingerprint density at radius 1 is 1.18 bits per heavy atom. The van der Waals surface area contributed by atoms with Crippen LogP contribution in [-0.4, -0.2) is 22.0 Å². The monoisotopic (exact) mass is 400 g/mol. The van der Waals surface area contributed by atoms with Crippen molar-refractivity contribution in [1.82, 2.24) is 10.1 Å². The molecule has 0 aliphatic carbocycles. The molecule has 0 fully saturated rings. The van der Waals surface area contributed by atoms with Crippen LogP contribution in [0.15, 0.2) is 51.9 Å². The quantitative estimate of drug-likeness (QED) is 0.607. The molecule has 0 atom stereocenters. The molecule has 9 heteroatoms. The maximum atomic E-state index is 13.8. The molecule has 0 spiro atoms. The van der Waals surface area contributed by atoms with Crippen molar-refractivity contribution in [2.24, 2.45) is 0 Å². The van der Waals surface area contributed by atoms with Gasteiger partial charge in [0, 0.05) is 24.4 Å². The lowest BCUT2D eigenvalue weighted by atomic mass is 10.2. The zero-order valence-electron chi connectivity index (χ0n) is 15.2. The highest BCUT2D eigenvalue weighted by molar-refractivity contribution is 7.98. The van der Waals surface area contributed by atoms with Crippen molar-refractivity contribution in [3.8, 4) is 0 Å². The number of carbonyl (C=O) groups excluding carboxylic acids is 2. The molecule has 2 amide bonds. The molecule has 1 heterocycles. The lowest BCUT2D eigenvalue weighted by molar-refractivity contribution is -0.114. The van der Waals surface area contributed by atoms with Gasteiger partial charge in [-0.1, -0.05) is 17.3 Å². The molecule has 1 aromatic heterocycles. The number of anilines is 2. The summed E-state index contributed by atoms with van der Waals surface area (Å²) in [6.07, 6.45) is 0. The van der Waals surface area contributed by atoms with Crippen molar-refractivity contribution < 1.29 is 18.5 Å². The predicted octanol–water partition coefficient (Wildman–Crippen LogP) is 4.02. The maximum Gasteiger partial charge on any atom is 0.256 e. The van der Waals surface area contributed by atoms with E-state index in [0.29, 0.717) is 28.7 Å². The fourth-order valence-electron chi connectivity index (χ4n) is 2.41. The van der Waals surface area contributed by atoms with E-state index in [1.807, 2.05) is 12.1 Å². The molecule has 0 radical (unpaired) electrons. The summed E-state index contributed by atoms with van der Waals surface area (Å²) in [7, 11) is 0. The fourth-order valence-corrected chi connectivity index (χ4v) is 3.30. The first kappa shape index (κ1) is 19.6. The second-order valence-corrected chi connectivity index (χ2v) is 6.86. The fraction of sp³-hybridized carbons (Fsp3) is 0.158. The van der Waals surface area contributed by atoms with Crippen LogP contribution in [0.3, 0.4) is 0 Å². The van der Waals surface area contributed by atoms with Crippen LogP contribution >= 0.6 is 11.8 Å². The molecule has 144 valence electrons. The highest BCUT2D eigenvalue weighted by Gasteiger charge is 2.14.